The van der Waals surface area contributed by atoms with E-state index in [4.69, 9.17) is 11.6 Å². The molecule has 0 spiro atoms. The van der Waals surface area contributed by atoms with Crippen molar-refractivity contribution in [1.82, 2.24) is 4.98 Å². The second-order valence-electron chi connectivity index (χ2n) is 5.74. The minimum atomic E-state index is 0.245. The molecule has 0 radical (unpaired) electrons. The van der Waals surface area contributed by atoms with E-state index in [1.807, 2.05) is 18.3 Å². The lowest BCUT2D eigenvalue weighted by atomic mass is 10.0. The van der Waals surface area contributed by atoms with Gasteiger partial charge in [0, 0.05) is 23.7 Å². The van der Waals surface area contributed by atoms with Crippen LogP contribution in [0.3, 0.4) is 0 Å². The molecule has 1 atom stereocenters. The molecule has 0 fully saturated rings. The van der Waals surface area contributed by atoms with Crippen LogP contribution >= 0.6 is 11.6 Å². The second kappa shape index (κ2) is 12.2. The van der Waals surface area contributed by atoms with Gasteiger partial charge in [0.15, 0.2) is 0 Å². The lowest BCUT2D eigenvalue weighted by molar-refractivity contribution is 0.550. The Labute approximate surface area is 130 Å². The molecule has 1 unspecified atom stereocenters. The van der Waals surface area contributed by atoms with Crippen molar-refractivity contribution in [2.45, 2.75) is 82.9 Å². The Hall–Kier alpha value is -0.560. The maximum Gasteiger partial charge on any atom is 0.0418 e. The second-order valence-corrected chi connectivity index (χ2v) is 6.36. The van der Waals surface area contributed by atoms with Gasteiger partial charge < -0.3 is 0 Å². The van der Waals surface area contributed by atoms with Crippen LogP contribution in [0.25, 0.3) is 0 Å². The van der Waals surface area contributed by atoms with Crippen LogP contribution in [-0.4, -0.2) is 10.4 Å². The minimum absolute atomic E-state index is 0.245. The summed E-state index contributed by atoms with van der Waals surface area (Å²) in [6.07, 6.45) is 16.2. The first-order valence-corrected chi connectivity index (χ1v) is 8.80. The summed E-state index contributed by atoms with van der Waals surface area (Å²) < 4.78 is 0. The van der Waals surface area contributed by atoms with Gasteiger partial charge >= 0.3 is 0 Å². The molecule has 2 heteroatoms. The SMILES string of the molecule is CCCCCCCCCCCC(Cl)Cc1ccccn1. The van der Waals surface area contributed by atoms with Gasteiger partial charge in [0.25, 0.3) is 0 Å². The van der Waals surface area contributed by atoms with E-state index < -0.39 is 0 Å². The molecular formula is C18H30ClN. The van der Waals surface area contributed by atoms with Crippen LogP contribution in [0.4, 0.5) is 0 Å². The highest BCUT2D eigenvalue weighted by Crippen LogP contribution is 2.15. The number of hydrogen-bond donors (Lipinski definition) is 0. The van der Waals surface area contributed by atoms with E-state index in [9.17, 15) is 0 Å². The number of aromatic nitrogens is 1. The molecule has 1 aromatic rings. The van der Waals surface area contributed by atoms with Crippen molar-refractivity contribution in [3.05, 3.63) is 30.1 Å². The molecule has 0 saturated carbocycles. The van der Waals surface area contributed by atoms with E-state index in [1.54, 1.807) is 0 Å². The van der Waals surface area contributed by atoms with Gasteiger partial charge in [-0.2, -0.15) is 0 Å². The van der Waals surface area contributed by atoms with Crippen LogP contribution < -0.4 is 0 Å². The molecule has 0 N–H and O–H groups in total. The molecule has 1 heterocycles. The summed E-state index contributed by atoms with van der Waals surface area (Å²) in [6, 6.07) is 6.05. The van der Waals surface area contributed by atoms with Crippen LogP contribution in [0.15, 0.2) is 24.4 Å². The summed E-state index contributed by atoms with van der Waals surface area (Å²) >= 11 is 6.37. The zero-order chi connectivity index (χ0) is 14.5. The van der Waals surface area contributed by atoms with Gasteiger partial charge in [-0.25, -0.2) is 0 Å². The zero-order valence-corrected chi connectivity index (χ0v) is 13.7. The van der Waals surface area contributed by atoms with Gasteiger partial charge in [0.1, 0.15) is 0 Å². The Balaban J connectivity index is 1.91. The van der Waals surface area contributed by atoms with Crippen molar-refractivity contribution in [3.8, 4) is 0 Å². The van der Waals surface area contributed by atoms with Crippen molar-refractivity contribution < 1.29 is 0 Å². The summed E-state index contributed by atoms with van der Waals surface area (Å²) in [5.74, 6) is 0. The van der Waals surface area contributed by atoms with Gasteiger partial charge in [-0.3, -0.25) is 4.98 Å². The molecule has 0 aromatic carbocycles. The summed E-state index contributed by atoms with van der Waals surface area (Å²) in [7, 11) is 0. The van der Waals surface area contributed by atoms with E-state index in [1.165, 1.54) is 57.8 Å². The van der Waals surface area contributed by atoms with Gasteiger partial charge in [0.2, 0.25) is 0 Å². The van der Waals surface area contributed by atoms with Crippen molar-refractivity contribution in [3.63, 3.8) is 0 Å². The Bertz CT molecular complexity index is 312. The average Bonchev–Trinajstić information content (AvgIpc) is 2.46. The van der Waals surface area contributed by atoms with Crippen LogP contribution in [0.5, 0.6) is 0 Å². The van der Waals surface area contributed by atoms with Crippen LogP contribution in [0, 0.1) is 0 Å². The number of nitrogens with zero attached hydrogens (tertiary/aromatic N) is 1. The largest absolute Gasteiger partial charge is 0.261 e. The summed E-state index contributed by atoms with van der Waals surface area (Å²) in [5.41, 5.74) is 1.11. The fourth-order valence-corrected chi connectivity index (χ4v) is 2.84. The molecule has 1 rings (SSSR count). The van der Waals surface area contributed by atoms with Crippen molar-refractivity contribution >= 4 is 11.6 Å². The van der Waals surface area contributed by atoms with Crippen molar-refractivity contribution in [1.29, 1.82) is 0 Å². The normalized spacial score (nSPS) is 12.5. The minimum Gasteiger partial charge on any atom is -0.261 e. The van der Waals surface area contributed by atoms with E-state index in [0.29, 0.717) is 0 Å². The highest BCUT2D eigenvalue weighted by Gasteiger charge is 2.06. The number of alkyl halides is 1. The van der Waals surface area contributed by atoms with E-state index in [2.05, 4.69) is 18.0 Å². The third kappa shape index (κ3) is 9.36. The van der Waals surface area contributed by atoms with Gasteiger partial charge in [0.05, 0.1) is 0 Å². The van der Waals surface area contributed by atoms with Gasteiger partial charge in [-0.1, -0.05) is 70.8 Å². The lowest BCUT2D eigenvalue weighted by Gasteiger charge is -2.08. The summed E-state index contributed by atoms with van der Waals surface area (Å²) in [6.45, 7) is 2.27. The molecular weight excluding hydrogens is 266 g/mol. The fraction of sp³-hybridized carbons (Fsp3) is 0.722. The number of hydrogen-bond acceptors (Lipinski definition) is 1. The Morgan fingerprint density at radius 3 is 2.20 bits per heavy atom. The van der Waals surface area contributed by atoms with E-state index in [-0.39, 0.29) is 5.38 Å². The molecule has 114 valence electrons. The topological polar surface area (TPSA) is 12.9 Å². The van der Waals surface area contributed by atoms with Crippen LogP contribution in [-0.2, 0) is 6.42 Å². The summed E-state index contributed by atoms with van der Waals surface area (Å²) in [5, 5.41) is 0.245. The molecule has 20 heavy (non-hydrogen) atoms. The third-order valence-corrected chi connectivity index (χ3v) is 4.15. The standard InChI is InChI=1S/C18H30ClN/c1-2-3-4-5-6-7-8-9-10-13-17(19)16-18-14-11-12-15-20-18/h11-12,14-15,17H,2-10,13,16H2,1H3. The predicted octanol–water partition coefficient (Wildman–Crippen LogP) is 6.15. The fourth-order valence-electron chi connectivity index (χ4n) is 2.52. The smallest absolute Gasteiger partial charge is 0.0418 e. The number of unbranched alkanes of at least 4 members (excludes halogenated alkanes) is 8. The van der Waals surface area contributed by atoms with Crippen molar-refractivity contribution in [2.75, 3.05) is 0 Å². The van der Waals surface area contributed by atoms with Gasteiger partial charge in [-0.15, -0.1) is 11.6 Å². The van der Waals surface area contributed by atoms with Crippen LogP contribution in [0.1, 0.15) is 76.8 Å². The lowest BCUT2D eigenvalue weighted by Crippen LogP contribution is -2.04. The van der Waals surface area contributed by atoms with Crippen LogP contribution in [0.2, 0.25) is 0 Å². The molecule has 0 amide bonds. The molecule has 0 aliphatic heterocycles. The number of rotatable bonds is 12. The first-order chi connectivity index (χ1) is 9.83. The molecule has 0 bridgehead atoms. The third-order valence-electron chi connectivity index (χ3n) is 3.78. The summed E-state index contributed by atoms with van der Waals surface area (Å²) in [4.78, 5) is 4.33. The highest BCUT2D eigenvalue weighted by atomic mass is 35.5. The monoisotopic (exact) mass is 295 g/mol. The first kappa shape index (κ1) is 17.5. The van der Waals surface area contributed by atoms with E-state index in [0.717, 1.165) is 18.5 Å². The quantitative estimate of drug-likeness (QED) is 0.333. The van der Waals surface area contributed by atoms with E-state index >= 15 is 0 Å². The van der Waals surface area contributed by atoms with Gasteiger partial charge in [-0.05, 0) is 18.6 Å². The number of pyridine rings is 1. The maximum atomic E-state index is 6.37. The molecule has 0 saturated heterocycles. The Morgan fingerprint density at radius 2 is 1.60 bits per heavy atom. The number of halogens is 1. The molecule has 1 aromatic heterocycles. The molecule has 0 aliphatic rings. The Kier molecular flexibility index (Phi) is 10.7. The average molecular weight is 296 g/mol. The highest BCUT2D eigenvalue weighted by molar-refractivity contribution is 6.20. The predicted molar refractivity (Wildman–Crippen MR) is 89.4 cm³/mol. The molecule has 1 nitrogen and oxygen atoms in total. The Morgan fingerprint density at radius 1 is 0.950 bits per heavy atom. The van der Waals surface area contributed by atoms with Crippen molar-refractivity contribution in [2.24, 2.45) is 0 Å². The maximum absolute atomic E-state index is 6.37. The first-order valence-electron chi connectivity index (χ1n) is 8.37. The molecule has 0 aliphatic carbocycles. The zero-order valence-electron chi connectivity index (χ0n) is 13.0.